The molecule has 344 valence electrons. The lowest BCUT2D eigenvalue weighted by molar-refractivity contribution is -0.137. The van der Waals surface area contributed by atoms with Gasteiger partial charge in [0.05, 0.1) is 78.6 Å². The van der Waals surface area contributed by atoms with Crippen LogP contribution in [0.15, 0.2) is 18.2 Å². The van der Waals surface area contributed by atoms with E-state index < -0.39 is 29.7 Å². The minimum Gasteiger partial charge on any atom is -0.481 e. The molecule has 4 N–H and O–H groups in total. The van der Waals surface area contributed by atoms with Crippen molar-refractivity contribution in [1.29, 1.82) is 0 Å². The Bertz CT molecular complexity index is 2450. The molecule has 5 aliphatic heterocycles. The first-order chi connectivity index (χ1) is 30.5. The number of rotatable bonds is 15. The number of hydrogen-bond donors (Lipinski definition) is 4. The number of H-pyrrole nitrogens is 2. The molecule has 2 aromatic heterocycles. The lowest BCUT2D eigenvalue weighted by Crippen LogP contribution is -2.47. The molecule has 0 aromatic carbocycles. The third kappa shape index (κ3) is 9.80. The highest BCUT2D eigenvalue weighted by Crippen LogP contribution is 2.45. The van der Waals surface area contributed by atoms with Crippen LogP contribution >= 0.6 is 0 Å². The van der Waals surface area contributed by atoms with Crippen molar-refractivity contribution in [3.05, 3.63) is 69.1 Å². The zero-order valence-corrected chi connectivity index (χ0v) is 38.7. The zero-order chi connectivity index (χ0) is 46.0. The highest BCUT2D eigenvalue weighted by atomic mass is 16.6. The normalized spacial score (nSPS) is 19.0. The number of carboxylic acids is 1. The van der Waals surface area contributed by atoms with Crippen molar-refractivity contribution in [3.63, 3.8) is 0 Å². The molecule has 64 heavy (non-hydrogen) atoms. The van der Waals surface area contributed by atoms with Gasteiger partial charge in [0.2, 0.25) is 0 Å². The van der Waals surface area contributed by atoms with E-state index in [1.54, 1.807) is 0 Å². The highest BCUT2D eigenvalue weighted by molar-refractivity contribution is 6.23. The van der Waals surface area contributed by atoms with E-state index in [1.807, 2.05) is 66.7 Å². The van der Waals surface area contributed by atoms with Crippen LogP contribution in [0, 0.1) is 6.92 Å². The number of alkyl carbamates (subject to hydrolysis) is 1. The Morgan fingerprint density at radius 1 is 0.938 bits per heavy atom. The molecule has 5 aliphatic rings. The maximum atomic E-state index is 14.9. The number of aliphatic carboxylic acids is 1. The van der Waals surface area contributed by atoms with Crippen molar-refractivity contribution in [1.82, 2.24) is 35.1 Å². The Morgan fingerprint density at radius 3 is 2.34 bits per heavy atom. The van der Waals surface area contributed by atoms with Crippen molar-refractivity contribution in [2.24, 2.45) is 0 Å². The second-order valence-electron chi connectivity index (χ2n) is 18.1. The molecule has 16 heteroatoms. The summed E-state index contributed by atoms with van der Waals surface area (Å²) >= 11 is 0. The molecule has 16 nitrogen and oxygen atoms in total. The topological polar surface area (TPSA) is 201 Å². The van der Waals surface area contributed by atoms with E-state index in [4.69, 9.17) is 28.9 Å². The number of carboxylic acid groups (broad SMARTS) is 1. The Labute approximate surface area is 374 Å². The van der Waals surface area contributed by atoms with Crippen LogP contribution in [-0.2, 0) is 23.7 Å². The van der Waals surface area contributed by atoms with Gasteiger partial charge in [0.25, 0.3) is 11.8 Å². The summed E-state index contributed by atoms with van der Waals surface area (Å²) in [6.45, 7) is 22.0. The van der Waals surface area contributed by atoms with Gasteiger partial charge in [0.1, 0.15) is 5.60 Å². The first kappa shape index (κ1) is 46.6. The van der Waals surface area contributed by atoms with Gasteiger partial charge in [-0.3, -0.25) is 24.2 Å². The molecule has 8 bridgehead atoms. The average Bonchev–Trinajstić information content (AvgIpc) is 3.92. The number of hydrogen-bond acceptors (Lipinski definition) is 11. The Hall–Kier alpha value is -5.42. The summed E-state index contributed by atoms with van der Waals surface area (Å²) in [5.74, 6) is -2.34. The molecular formula is C48H63N7O9. The first-order valence-corrected chi connectivity index (χ1v) is 22.5. The molecule has 1 unspecified atom stereocenters. The predicted octanol–water partition coefficient (Wildman–Crippen LogP) is 7.24. The van der Waals surface area contributed by atoms with Crippen LogP contribution in [0.25, 0.3) is 33.3 Å². The van der Waals surface area contributed by atoms with Crippen molar-refractivity contribution in [2.75, 3.05) is 65.8 Å². The van der Waals surface area contributed by atoms with Gasteiger partial charge in [0.15, 0.2) is 0 Å². The molecule has 1 fully saturated rings. The van der Waals surface area contributed by atoms with E-state index in [-0.39, 0.29) is 37.1 Å². The summed E-state index contributed by atoms with van der Waals surface area (Å²) in [5, 5.41) is 12.6. The lowest BCUT2D eigenvalue weighted by Gasteiger charge is -2.31. The minimum absolute atomic E-state index is 0.107. The fourth-order valence-electron chi connectivity index (χ4n) is 9.24. The molecule has 0 saturated carbocycles. The second-order valence-corrected chi connectivity index (χ2v) is 18.1. The van der Waals surface area contributed by atoms with Gasteiger partial charge < -0.3 is 39.3 Å². The molecule has 7 heterocycles. The van der Waals surface area contributed by atoms with Crippen molar-refractivity contribution < 1.29 is 43.2 Å². The number of nitrogens with zero attached hydrogens (tertiary/aromatic N) is 4. The summed E-state index contributed by atoms with van der Waals surface area (Å²) < 4.78 is 23.0. The maximum absolute atomic E-state index is 14.9. The van der Waals surface area contributed by atoms with Crippen LogP contribution in [0.1, 0.15) is 147 Å². The summed E-state index contributed by atoms with van der Waals surface area (Å²) in [5.41, 5.74) is 10.1. The van der Waals surface area contributed by atoms with Gasteiger partial charge >= 0.3 is 12.1 Å². The van der Waals surface area contributed by atoms with Crippen LogP contribution in [0.3, 0.4) is 0 Å². The van der Waals surface area contributed by atoms with E-state index in [2.05, 4.69) is 34.0 Å². The van der Waals surface area contributed by atoms with Crippen LogP contribution in [0.4, 0.5) is 4.79 Å². The standard InChI is InChI=1S/C48H63N7O9/c1-10-31-26(2)33-25-38-40(30(6)63-22-21-61-18-13-49-47(60)64-48(7,8)9)28(4)35(51-38)23-34-27(3)32(11-12-39(56)57)43(52-34)42-44-41(29(5)36(53-44)24-37(31)50-33)45(58)55(46(42)59)15-14-54-16-19-62-20-17-54/h23-25,27,30,32,52-53H,10-22H2,1-9H3,(H,49,60)(H,56,57)/t27-,30?,32-/m0/s1. The molecule has 3 atom stereocenters. The Kier molecular flexibility index (Phi) is 14.1. The summed E-state index contributed by atoms with van der Waals surface area (Å²) in [6, 6.07) is 5.96. The van der Waals surface area contributed by atoms with Crippen molar-refractivity contribution in [3.8, 4) is 0 Å². The number of imide groups is 1. The van der Waals surface area contributed by atoms with Gasteiger partial charge in [0, 0.05) is 73.5 Å². The number of amides is 3. The van der Waals surface area contributed by atoms with Gasteiger partial charge in [-0.1, -0.05) is 13.8 Å². The summed E-state index contributed by atoms with van der Waals surface area (Å²) in [4.78, 5) is 74.6. The number of fused-ring (bicyclic) bond motifs is 8. The monoisotopic (exact) mass is 881 g/mol. The molecule has 2 aromatic rings. The SMILES string of the molecule is CCC1=C(C)c2cc3nc(cc4[nH]c(c5c6[nH]c(cc1n2)c(C)c6C(=O)N(CCN1CCOCC1)C5=O)[C@@H](CCC(=O)O)[C@@H]4C)C(C)=C3C(C)OCCOCCNC(=O)OC(C)(C)C. The van der Waals surface area contributed by atoms with Gasteiger partial charge in [-0.05, 0) is 102 Å². The smallest absolute Gasteiger partial charge is 0.407 e. The molecule has 7 rings (SSSR count). The first-order valence-electron chi connectivity index (χ1n) is 22.5. The highest BCUT2D eigenvalue weighted by Gasteiger charge is 2.41. The summed E-state index contributed by atoms with van der Waals surface area (Å²) in [7, 11) is 0. The molecule has 1 saturated heterocycles. The minimum atomic E-state index is -0.934. The van der Waals surface area contributed by atoms with Crippen molar-refractivity contribution in [2.45, 2.75) is 105 Å². The number of nitrogens with one attached hydrogen (secondary N) is 3. The molecule has 0 spiro atoms. The fourth-order valence-corrected chi connectivity index (χ4v) is 9.24. The summed E-state index contributed by atoms with van der Waals surface area (Å²) in [6.07, 6.45) is -0.0233. The number of carbonyl (C=O) groups excluding carboxylic acids is 3. The molecule has 3 amide bonds. The second kappa shape index (κ2) is 19.4. The van der Waals surface area contributed by atoms with Gasteiger partial charge in [-0.15, -0.1) is 0 Å². The van der Waals surface area contributed by atoms with E-state index in [9.17, 15) is 24.3 Å². The maximum Gasteiger partial charge on any atom is 0.407 e. The van der Waals surface area contributed by atoms with E-state index in [0.717, 1.165) is 39.4 Å². The molecule has 0 radical (unpaired) electrons. The number of aromatic amines is 2. The van der Waals surface area contributed by atoms with Crippen LogP contribution in [0.5, 0.6) is 0 Å². The zero-order valence-electron chi connectivity index (χ0n) is 38.7. The van der Waals surface area contributed by atoms with E-state index in [0.29, 0.717) is 110 Å². The largest absolute Gasteiger partial charge is 0.481 e. The number of carbonyl (C=O) groups is 4. The molecule has 0 aliphatic carbocycles. The fraction of sp³-hybridized carbons (Fsp3) is 0.542. The quantitative estimate of drug-likeness (QED) is 0.103. The number of aromatic nitrogens is 4. The average molecular weight is 882 g/mol. The van der Waals surface area contributed by atoms with E-state index >= 15 is 0 Å². The molecular weight excluding hydrogens is 819 g/mol. The van der Waals surface area contributed by atoms with E-state index in [1.165, 1.54) is 4.90 Å². The third-order valence-corrected chi connectivity index (χ3v) is 12.7. The number of allylic oxidation sites excluding steroid dienone is 3. The Balaban J connectivity index is 1.32. The van der Waals surface area contributed by atoms with Gasteiger partial charge in [-0.2, -0.15) is 0 Å². The number of ether oxygens (including phenoxy) is 4. The van der Waals surface area contributed by atoms with Crippen molar-refractivity contribution >= 4 is 57.2 Å². The van der Waals surface area contributed by atoms with Crippen LogP contribution in [-0.4, -0.2) is 136 Å². The lowest BCUT2D eigenvalue weighted by atomic mass is 9.84. The van der Waals surface area contributed by atoms with Gasteiger partial charge in [-0.25, -0.2) is 14.8 Å². The van der Waals surface area contributed by atoms with Crippen LogP contribution < -0.4 is 5.32 Å². The third-order valence-electron chi connectivity index (χ3n) is 12.7. The predicted molar refractivity (Wildman–Crippen MR) is 243 cm³/mol. The van der Waals surface area contributed by atoms with Crippen LogP contribution in [0.2, 0.25) is 0 Å². The Morgan fingerprint density at radius 2 is 1.64 bits per heavy atom. The number of aryl methyl sites for hydroxylation is 1. The number of morpholine rings is 1.